The number of hydrogen-bond donors (Lipinski definition) is 1. The summed E-state index contributed by atoms with van der Waals surface area (Å²) in [6.45, 7) is 4.44. The summed E-state index contributed by atoms with van der Waals surface area (Å²) in [4.78, 5) is 3.95. The molecule has 2 nitrogen and oxygen atoms in total. The van der Waals surface area contributed by atoms with Gasteiger partial charge < -0.3 is 5.32 Å². The van der Waals surface area contributed by atoms with Gasteiger partial charge in [-0.25, -0.2) is 4.98 Å². The lowest BCUT2D eigenvalue weighted by Crippen LogP contribution is -2.16. The number of alkyl halides is 3. The number of aromatic nitrogens is 1. The van der Waals surface area contributed by atoms with E-state index in [0.29, 0.717) is 16.2 Å². The average molecular weight is 224 g/mol. The molecule has 1 rings (SSSR count). The molecule has 1 aromatic rings. The Balaban J connectivity index is 2.78. The summed E-state index contributed by atoms with van der Waals surface area (Å²) in [5, 5.41) is 2.25. The maximum Gasteiger partial charge on any atom is 0.443 e. The zero-order chi connectivity index (χ0) is 10.8. The molecule has 1 unspecified atom stereocenters. The fourth-order valence-electron chi connectivity index (χ4n) is 1.02. The Labute approximate surface area is 84.2 Å². The third-order valence-electron chi connectivity index (χ3n) is 1.70. The minimum atomic E-state index is -4.32. The van der Waals surface area contributed by atoms with Gasteiger partial charge in [-0.05, 0) is 13.5 Å². The van der Waals surface area contributed by atoms with Crippen molar-refractivity contribution in [2.75, 3.05) is 6.54 Å². The molecule has 6 heteroatoms. The number of nitrogens with one attached hydrogen (secondary N) is 1. The molecule has 0 aliphatic carbocycles. The van der Waals surface area contributed by atoms with Crippen LogP contribution in [0.1, 0.15) is 29.8 Å². The van der Waals surface area contributed by atoms with Gasteiger partial charge in [-0.2, -0.15) is 13.2 Å². The Bertz CT molecular complexity index is 295. The van der Waals surface area contributed by atoms with Crippen molar-refractivity contribution in [3.05, 3.63) is 16.1 Å². The highest BCUT2D eigenvalue weighted by molar-refractivity contribution is 7.11. The molecule has 1 atom stereocenters. The number of thiazole rings is 1. The Hall–Kier alpha value is -0.620. The van der Waals surface area contributed by atoms with Gasteiger partial charge in [0.2, 0.25) is 0 Å². The van der Waals surface area contributed by atoms with E-state index in [1.54, 1.807) is 0 Å². The number of rotatable bonds is 3. The van der Waals surface area contributed by atoms with Gasteiger partial charge in [0, 0.05) is 17.1 Å². The molecule has 0 fully saturated rings. The molecule has 1 N–H and O–H groups in total. The van der Waals surface area contributed by atoms with Crippen molar-refractivity contribution in [2.24, 2.45) is 0 Å². The van der Waals surface area contributed by atoms with Gasteiger partial charge in [-0.15, -0.1) is 11.3 Å². The van der Waals surface area contributed by atoms with Crippen molar-refractivity contribution >= 4 is 11.3 Å². The first-order valence-corrected chi connectivity index (χ1v) is 5.03. The standard InChI is InChI=1S/C8H11F3N2S/c1-3-12-5(2)6-4-13-7(14-6)8(9,10)11/h4-5,12H,3H2,1-2H3. The van der Waals surface area contributed by atoms with Crippen LogP contribution in [-0.2, 0) is 6.18 Å². The van der Waals surface area contributed by atoms with Gasteiger partial charge in [0.25, 0.3) is 0 Å². The van der Waals surface area contributed by atoms with Gasteiger partial charge in [0.15, 0.2) is 5.01 Å². The van der Waals surface area contributed by atoms with Crippen molar-refractivity contribution < 1.29 is 13.2 Å². The van der Waals surface area contributed by atoms with E-state index in [1.165, 1.54) is 6.20 Å². The van der Waals surface area contributed by atoms with Crippen LogP contribution in [0.2, 0.25) is 0 Å². The van der Waals surface area contributed by atoms with Crippen LogP contribution in [0.4, 0.5) is 13.2 Å². The van der Waals surface area contributed by atoms with Gasteiger partial charge >= 0.3 is 6.18 Å². The maximum absolute atomic E-state index is 12.2. The Morgan fingerprint density at radius 3 is 2.64 bits per heavy atom. The van der Waals surface area contributed by atoms with Crippen LogP contribution < -0.4 is 5.32 Å². The lowest BCUT2D eigenvalue weighted by atomic mass is 10.3. The van der Waals surface area contributed by atoms with Crippen molar-refractivity contribution in [3.63, 3.8) is 0 Å². The highest BCUT2D eigenvalue weighted by Crippen LogP contribution is 2.34. The Kier molecular flexibility index (Phi) is 3.49. The van der Waals surface area contributed by atoms with Crippen molar-refractivity contribution in [1.29, 1.82) is 0 Å². The summed E-state index contributed by atoms with van der Waals surface area (Å²) in [5.74, 6) is 0. The van der Waals surface area contributed by atoms with E-state index in [-0.39, 0.29) is 6.04 Å². The average Bonchev–Trinajstić information content (AvgIpc) is 2.51. The van der Waals surface area contributed by atoms with E-state index >= 15 is 0 Å². The highest BCUT2D eigenvalue weighted by Gasteiger charge is 2.34. The van der Waals surface area contributed by atoms with Crippen LogP contribution in [0.5, 0.6) is 0 Å². The largest absolute Gasteiger partial charge is 0.443 e. The third-order valence-corrected chi connectivity index (χ3v) is 2.93. The summed E-state index contributed by atoms with van der Waals surface area (Å²) >= 11 is 0.689. The number of halogens is 3. The molecule has 1 aromatic heterocycles. The first-order chi connectivity index (χ1) is 6.45. The van der Waals surface area contributed by atoms with Crippen LogP contribution in [0.25, 0.3) is 0 Å². The van der Waals surface area contributed by atoms with E-state index in [2.05, 4.69) is 10.3 Å². The van der Waals surface area contributed by atoms with Gasteiger partial charge in [-0.1, -0.05) is 6.92 Å². The van der Waals surface area contributed by atoms with Crippen LogP contribution in [0.15, 0.2) is 6.20 Å². The monoisotopic (exact) mass is 224 g/mol. The van der Waals surface area contributed by atoms with Gasteiger partial charge in [-0.3, -0.25) is 0 Å². The molecule has 0 radical (unpaired) electrons. The predicted octanol–water partition coefficient (Wildman–Crippen LogP) is 2.83. The number of nitrogens with zero attached hydrogens (tertiary/aromatic N) is 1. The smallest absolute Gasteiger partial charge is 0.310 e. The summed E-state index contributed by atoms with van der Waals surface area (Å²) in [6, 6.07) is -0.0754. The van der Waals surface area contributed by atoms with Crippen molar-refractivity contribution in [1.82, 2.24) is 10.3 Å². The SMILES string of the molecule is CCNC(C)c1cnc(C(F)(F)F)s1. The Morgan fingerprint density at radius 1 is 1.57 bits per heavy atom. The van der Waals surface area contributed by atoms with E-state index in [9.17, 15) is 13.2 Å². The van der Waals surface area contributed by atoms with Crippen molar-refractivity contribution in [3.8, 4) is 0 Å². The molecule has 0 spiro atoms. The molecule has 1 heterocycles. The first kappa shape index (κ1) is 11.5. The summed E-state index contributed by atoms with van der Waals surface area (Å²) in [7, 11) is 0. The molecule has 14 heavy (non-hydrogen) atoms. The lowest BCUT2D eigenvalue weighted by molar-refractivity contribution is -0.137. The zero-order valence-corrected chi connectivity index (χ0v) is 8.67. The molecule has 0 amide bonds. The molecule has 0 bridgehead atoms. The normalized spacial score (nSPS) is 14.4. The summed E-state index contributed by atoms with van der Waals surface area (Å²) < 4.78 is 36.5. The van der Waals surface area contributed by atoms with Crippen molar-refractivity contribution in [2.45, 2.75) is 26.1 Å². The molecule has 0 saturated carbocycles. The van der Waals surface area contributed by atoms with E-state index < -0.39 is 11.2 Å². The number of hydrogen-bond acceptors (Lipinski definition) is 3. The molecule has 0 aromatic carbocycles. The van der Waals surface area contributed by atoms with Crippen LogP contribution in [0.3, 0.4) is 0 Å². The second-order valence-electron chi connectivity index (χ2n) is 2.84. The summed E-state index contributed by atoms with van der Waals surface area (Å²) in [5.41, 5.74) is 0. The minimum Gasteiger partial charge on any atom is -0.310 e. The predicted molar refractivity (Wildman–Crippen MR) is 49.2 cm³/mol. The fraction of sp³-hybridized carbons (Fsp3) is 0.625. The third kappa shape index (κ3) is 2.68. The van der Waals surface area contributed by atoms with Gasteiger partial charge in [0.1, 0.15) is 0 Å². The lowest BCUT2D eigenvalue weighted by Gasteiger charge is -2.08. The van der Waals surface area contributed by atoms with Crippen LogP contribution >= 0.6 is 11.3 Å². The first-order valence-electron chi connectivity index (χ1n) is 4.21. The maximum atomic E-state index is 12.2. The second kappa shape index (κ2) is 4.27. The van der Waals surface area contributed by atoms with Crippen LogP contribution in [0, 0.1) is 0 Å². The highest BCUT2D eigenvalue weighted by atomic mass is 32.1. The van der Waals surface area contributed by atoms with Crippen LogP contribution in [-0.4, -0.2) is 11.5 Å². The molecular formula is C8H11F3N2S. The zero-order valence-electron chi connectivity index (χ0n) is 7.85. The molecule has 0 saturated heterocycles. The van der Waals surface area contributed by atoms with E-state index in [0.717, 1.165) is 6.54 Å². The Morgan fingerprint density at radius 2 is 2.21 bits per heavy atom. The van der Waals surface area contributed by atoms with Gasteiger partial charge in [0.05, 0.1) is 0 Å². The fourth-order valence-corrected chi connectivity index (χ4v) is 1.83. The van der Waals surface area contributed by atoms with E-state index in [4.69, 9.17) is 0 Å². The molecule has 0 aliphatic rings. The van der Waals surface area contributed by atoms with E-state index in [1.807, 2.05) is 13.8 Å². The quantitative estimate of drug-likeness (QED) is 0.854. The molecule has 80 valence electrons. The summed E-state index contributed by atoms with van der Waals surface area (Å²) in [6.07, 6.45) is -3.05. The minimum absolute atomic E-state index is 0.0754. The second-order valence-corrected chi connectivity index (χ2v) is 3.91. The molecular weight excluding hydrogens is 213 g/mol. The topological polar surface area (TPSA) is 24.9 Å². The molecule has 0 aliphatic heterocycles.